The van der Waals surface area contributed by atoms with Gasteiger partial charge in [0.1, 0.15) is 0 Å². The summed E-state index contributed by atoms with van der Waals surface area (Å²) in [4.78, 5) is 25.4. The molecule has 0 bridgehead atoms. The number of likely N-dealkylation sites (tertiary alicyclic amines) is 1. The van der Waals surface area contributed by atoms with Crippen LogP contribution in [0, 0.1) is 0 Å². The molecule has 2 amide bonds. The number of nitrogens with one attached hydrogen (secondary N) is 2. The SMILES string of the molecule is O=C(NC1CC(=O)N(C2CC2)C1)C1CC(F)(F)CN1. The molecule has 5 nitrogen and oxygen atoms in total. The largest absolute Gasteiger partial charge is 0.350 e. The fourth-order valence-electron chi connectivity index (χ4n) is 2.77. The van der Waals surface area contributed by atoms with E-state index in [9.17, 15) is 18.4 Å². The molecule has 2 heterocycles. The summed E-state index contributed by atoms with van der Waals surface area (Å²) in [6.45, 7) is 0.0568. The van der Waals surface area contributed by atoms with Gasteiger partial charge in [0.05, 0.1) is 18.6 Å². The maximum Gasteiger partial charge on any atom is 0.262 e. The lowest BCUT2D eigenvalue weighted by atomic mass is 10.1. The lowest BCUT2D eigenvalue weighted by molar-refractivity contribution is -0.128. The van der Waals surface area contributed by atoms with Gasteiger partial charge < -0.3 is 10.2 Å². The van der Waals surface area contributed by atoms with E-state index in [4.69, 9.17) is 0 Å². The summed E-state index contributed by atoms with van der Waals surface area (Å²) < 4.78 is 26.0. The number of amides is 2. The summed E-state index contributed by atoms with van der Waals surface area (Å²) in [6.07, 6.45) is 1.88. The first-order valence-electron chi connectivity index (χ1n) is 6.66. The molecule has 1 aliphatic carbocycles. The molecule has 3 fully saturated rings. The predicted molar refractivity (Wildman–Crippen MR) is 62.6 cm³/mol. The molecule has 2 atom stereocenters. The summed E-state index contributed by atoms with van der Waals surface area (Å²) in [6, 6.07) is -0.750. The van der Waals surface area contributed by atoms with Crippen LogP contribution >= 0.6 is 0 Å². The smallest absolute Gasteiger partial charge is 0.262 e. The van der Waals surface area contributed by atoms with Gasteiger partial charge in [-0.2, -0.15) is 0 Å². The van der Waals surface area contributed by atoms with E-state index in [0.717, 1.165) is 12.8 Å². The molecule has 19 heavy (non-hydrogen) atoms. The molecule has 7 heteroatoms. The summed E-state index contributed by atoms with van der Waals surface area (Å²) in [5.41, 5.74) is 0. The maximum absolute atomic E-state index is 13.0. The molecule has 2 aliphatic heterocycles. The zero-order valence-electron chi connectivity index (χ0n) is 10.5. The Kier molecular flexibility index (Phi) is 2.96. The summed E-state index contributed by atoms with van der Waals surface area (Å²) in [5.74, 6) is -3.18. The Bertz CT molecular complexity index is 412. The molecule has 0 radical (unpaired) electrons. The number of carbonyl (C=O) groups excluding carboxylic acids is 2. The Labute approximate surface area is 109 Å². The third kappa shape index (κ3) is 2.70. The second kappa shape index (κ2) is 4.40. The maximum atomic E-state index is 13.0. The zero-order chi connectivity index (χ0) is 13.6. The minimum Gasteiger partial charge on any atom is -0.350 e. The van der Waals surface area contributed by atoms with Crippen molar-refractivity contribution in [3.8, 4) is 0 Å². The van der Waals surface area contributed by atoms with Crippen LogP contribution in [-0.4, -0.2) is 53.9 Å². The van der Waals surface area contributed by atoms with Crippen molar-refractivity contribution in [1.29, 1.82) is 0 Å². The minimum atomic E-state index is -2.81. The van der Waals surface area contributed by atoms with Crippen LogP contribution in [0.15, 0.2) is 0 Å². The van der Waals surface area contributed by atoms with Gasteiger partial charge in [0, 0.05) is 25.4 Å². The quantitative estimate of drug-likeness (QED) is 0.752. The van der Waals surface area contributed by atoms with Crippen molar-refractivity contribution in [1.82, 2.24) is 15.5 Å². The third-order valence-electron chi connectivity index (χ3n) is 3.92. The van der Waals surface area contributed by atoms with Crippen molar-refractivity contribution in [2.45, 2.75) is 49.7 Å². The Morgan fingerprint density at radius 1 is 1.42 bits per heavy atom. The van der Waals surface area contributed by atoms with Gasteiger partial charge in [-0.1, -0.05) is 0 Å². The van der Waals surface area contributed by atoms with Crippen molar-refractivity contribution in [3.05, 3.63) is 0 Å². The van der Waals surface area contributed by atoms with Gasteiger partial charge in [0.15, 0.2) is 0 Å². The highest BCUT2D eigenvalue weighted by atomic mass is 19.3. The molecule has 2 saturated heterocycles. The number of rotatable bonds is 3. The Morgan fingerprint density at radius 3 is 2.74 bits per heavy atom. The minimum absolute atomic E-state index is 0.0533. The van der Waals surface area contributed by atoms with Gasteiger partial charge in [-0.3, -0.25) is 14.9 Å². The number of nitrogens with zero attached hydrogens (tertiary/aromatic N) is 1. The third-order valence-corrected chi connectivity index (χ3v) is 3.92. The van der Waals surface area contributed by atoms with Gasteiger partial charge in [0.25, 0.3) is 5.92 Å². The molecule has 0 aromatic heterocycles. The first-order chi connectivity index (χ1) is 8.94. The van der Waals surface area contributed by atoms with Gasteiger partial charge in [-0.25, -0.2) is 8.78 Å². The Balaban J connectivity index is 1.52. The van der Waals surface area contributed by atoms with Crippen LogP contribution in [0.2, 0.25) is 0 Å². The standard InChI is InChI=1S/C12H17F2N3O2/c13-12(14)4-9(15-6-12)11(19)16-7-3-10(18)17(5-7)8-1-2-8/h7-9,15H,1-6H2,(H,16,19). The summed E-state index contributed by atoms with van der Waals surface area (Å²) in [5, 5.41) is 5.22. The molecule has 0 aromatic carbocycles. The van der Waals surface area contributed by atoms with Gasteiger partial charge >= 0.3 is 0 Å². The van der Waals surface area contributed by atoms with E-state index in [2.05, 4.69) is 10.6 Å². The highest BCUT2D eigenvalue weighted by Crippen LogP contribution is 2.31. The van der Waals surface area contributed by atoms with Crippen molar-refractivity contribution < 1.29 is 18.4 Å². The van der Waals surface area contributed by atoms with E-state index < -0.39 is 30.8 Å². The Morgan fingerprint density at radius 2 is 2.16 bits per heavy atom. The van der Waals surface area contributed by atoms with Crippen molar-refractivity contribution in [3.63, 3.8) is 0 Å². The highest BCUT2D eigenvalue weighted by molar-refractivity contribution is 5.85. The normalized spacial score (nSPS) is 33.8. The lowest BCUT2D eigenvalue weighted by Gasteiger charge is -2.18. The molecule has 1 saturated carbocycles. The average molecular weight is 273 g/mol. The van der Waals surface area contributed by atoms with Gasteiger partial charge in [-0.15, -0.1) is 0 Å². The van der Waals surface area contributed by atoms with Crippen LogP contribution < -0.4 is 10.6 Å². The fourth-order valence-corrected chi connectivity index (χ4v) is 2.77. The van der Waals surface area contributed by atoms with Crippen LogP contribution in [0.1, 0.15) is 25.7 Å². The molecular weight excluding hydrogens is 256 g/mol. The van der Waals surface area contributed by atoms with Crippen LogP contribution in [-0.2, 0) is 9.59 Å². The number of carbonyl (C=O) groups is 2. The number of hydrogen-bond donors (Lipinski definition) is 2. The van der Waals surface area contributed by atoms with Gasteiger partial charge in [-0.05, 0) is 12.8 Å². The van der Waals surface area contributed by atoms with Crippen LogP contribution in [0.3, 0.4) is 0 Å². The van der Waals surface area contributed by atoms with Crippen LogP contribution in [0.4, 0.5) is 8.78 Å². The molecule has 0 spiro atoms. The first kappa shape index (κ1) is 12.8. The monoisotopic (exact) mass is 273 g/mol. The molecule has 2 N–H and O–H groups in total. The van der Waals surface area contributed by atoms with E-state index in [1.807, 2.05) is 0 Å². The van der Waals surface area contributed by atoms with E-state index in [1.54, 1.807) is 4.90 Å². The number of hydrogen-bond acceptors (Lipinski definition) is 3. The lowest BCUT2D eigenvalue weighted by Crippen LogP contribution is -2.46. The predicted octanol–water partition coefficient (Wildman–Crippen LogP) is -0.137. The van der Waals surface area contributed by atoms with E-state index in [0.29, 0.717) is 12.6 Å². The number of halogens is 2. The molecule has 2 unspecified atom stereocenters. The van der Waals surface area contributed by atoms with Crippen molar-refractivity contribution >= 4 is 11.8 Å². The topological polar surface area (TPSA) is 61.4 Å². The number of alkyl halides is 2. The fraction of sp³-hybridized carbons (Fsp3) is 0.833. The second-order valence-corrected chi connectivity index (χ2v) is 5.68. The molecule has 106 valence electrons. The first-order valence-corrected chi connectivity index (χ1v) is 6.66. The molecule has 3 aliphatic rings. The van der Waals surface area contributed by atoms with Crippen molar-refractivity contribution in [2.75, 3.05) is 13.1 Å². The summed E-state index contributed by atoms with van der Waals surface area (Å²) >= 11 is 0. The van der Waals surface area contributed by atoms with Gasteiger partial charge in [0.2, 0.25) is 11.8 Å². The highest BCUT2D eigenvalue weighted by Gasteiger charge is 2.44. The molecule has 3 rings (SSSR count). The van der Waals surface area contributed by atoms with E-state index in [-0.39, 0.29) is 18.4 Å². The second-order valence-electron chi connectivity index (χ2n) is 5.68. The van der Waals surface area contributed by atoms with E-state index >= 15 is 0 Å². The average Bonchev–Trinajstić information content (AvgIpc) is 3.01. The zero-order valence-corrected chi connectivity index (χ0v) is 10.5. The Hall–Kier alpha value is -1.24. The van der Waals surface area contributed by atoms with E-state index in [1.165, 1.54) is 0 Å². The molecule has 0 aromatic rings. The molecular formula is C12H17F2N3O2. The summed E-state index contributed by atoms with van der Waals surface area (Å²) in [7, 11) is 0. The van der Waals surface area contributed by atoms with Crippen LogP contribution in [0.5, 0.6) is 0 Å². The van der Waals surface area contributed by atoms with Crippen LogP contribution in [0.25, 0.3) is 0 Å². The van der Waals surface area contributed by atoms with Crippen molar-refractivity contribution in [2.24, 2.45) is 0 Å².